The van der Waals surface area contributed by atoms with Gasteiger partial charge in [-0.3, -0.25) is 9.69 Å². The standard InChI is InChI=1S/C21H31N5O5S2/c1-13-9-25(10-14(2)30-13)11-18-12-32-21(22-18)23-20(27)17-5-7-26(8-6-17)33(28,29)19-15(3)24-31-16(19)4/h12-14,17H,5-11H2,1-4H3,(H,22,23,27). The fourth-order valence-electron chi connectivity index (χ4n) is 4.62. The van der Waals surface area contributed by atoms with Crippen molar-refractivity contribution in [2.75, 3.05) is 31.5 Å². The predicted molar refractivity (Wildman–Crippen MR) is 123 cm³/mol. The number of anilines is 1. The highest BCUT2D eigenvalue weighted by Gasteiger charge is 2.35. The summed E-state index contributed by atoms with van der Waals surface area (Å²) in [5.41, 5.74) is 1.28. The highest BCUT2D eigenvalue weighted by atomic mass is 32.2. The summed E-state index contributed by atoms with van der Waals surface area (Å²) >= 11 is 1.41. The Morgan fingerprint density at radius 3 is 2.48 bits per heavy atom. The van der Waals surface area contributed by atoms with Gasteiger partial charge in [-0.1, -0.05) is 5.16 Å². The summed E-state index contributed by atoms with van der Waals surface area (Å²) in [4.78, 5) is 19.8. The lowest BCUT2D eigenvalue weighted by molar-refractivity contribution is -0.120. The van der Waals surface area contributed by atoms with Gasteiger partial charge in [-0.05, 0) is 40.5 Å². The lowest BCUT2D eigenvalue weighted by atomic mass is 9.97. The number of amides is 1. The van der Waals surface area contributed by atoms with Gasteiger partial charge in [-0.25, -0.2) is 13.4 Å². The Bertz CT molecular complexity index is 1060. The second kappa shape index (κ2) is 9.79. The first-order valence-corrected chi connectivity index (χ1v) is 13.5. The fraction of sp³-hybridized carbons (Fsp3) is 0.667. The van der Waals surface area contributed by atoms with Gasteiger partial charge in [0.25, 0.3) is 0 Å². The van der Waals surface area contributed by atoms with Crippen LogP contribution in [0, 0.1) is 19.8 Å². The van der Waals surface area contributed by atoms with Gasteiger partial charge >= 0.3 is 0 Å². The first-order chi connectivity index (χ1) is 15.6. The summed E-state index contributed by atoms with van der Waals surface area (Å²) < 4.78 is 38.1. The van der Waals surface area contributed by atoms with Crippen molar-refractivity contribution in [3.8, 4) is 0 Å². The summed E-state index contributed by atoms with van der Waals surface area (Å²) in [6.45, 7) is 10.4. The van der Waals surface area contributed by atoms with Crippen LogP contribution in [-0.4, -0.2) is 72.1 Å². The van der Waals surface area contributed by atoms with Crippen LogP contribution < -0.4 is 5.32 Å². The second-order valence-corrected chi connectivity index (χ2v) is 11.6. The molecule has 1 amide bonds. The maximum absolute atomic E-state index is 13.0. The van der Waals surface area contributed by atoms with Crippen LogP contribution >= 0.6 is 11.3 Å². The van der Waals surface area contributed by atoms with Gasteiger partial charge in [-0.2, -0.15) is 4.31 Å². The number of rotatable bonds is 6. The molecule has 182 valence electrons. The smallest absolute Gasteiger partial charge is 0.248 e. The number of sulfonamides is 1. The average molecular weight is 498 g/mol. The van der Waals surface area contributed by atoms with E-state index in [9.17, 15) is 13.2 Å². The number of aryl methyl sites for hydroxylation is 2. The van der Waals surface area contributed by atoms with Crippen molar-refractivity contribution in [2.45, 2.75) is 64.2 Å². The number of nitrogens with one attached hydrogen (secondary N) is 1. The van der Waals surface area contributed by atoms with Gasteiger partial charge in [0.2, 0.25) is 15.9 Å². The van der Waals surface area contributed by atoms with Crippen LogP contribution in [0.2, 0.25) is 0 Å². The summed E-state index contributed by atoms with van der Waals surface area (Å²) in [5, 5.41) is 9.22. The van der Waals surface area contributed by atoms with Crippen molar-refractivity contribution in [1.82, 2.24) is 19.3 Å². The SMILES string of the molecule is Cc1noc(C)c1S(=O)(=O)N1CCC(C(=O)Nc2nc(CN3CC(C)OC(C)C3)cs2)CC1. The number of hydrogen-bond donors (Lipinski definition) is 1. The van der Waals surface area contributed by atoms with E-state index in [2.05, 4.69) is 34.2 Å². The molecular formula is C21H31N5O5S2. The van der Waals surface area contributed by atoms with Gasteiger partial charge < -0.3 is 14.6 Å². The zero-order chi connectivity index (χ0) is 23.8. The Morgan fingerprint density at radius 1 is 1.21 bits per heavy atom. The molecule has 33 heavy (non-hydrogen) atoms. The third-order valence-corrected chi connectivity index (χ3v) is 9.00. The molecular weight excluding hydrogens is 466 g/mol. The van der Waals surface area contributed by atoms with Crippen molar-refractivity contribution in [3.63, 3.8) is 0 Å². The van der Waals surface area contributed by atoms with E-state index >= 15 is 0 Å². The molecule has 2 unspecified atom stereocenters. The first-order valence-electron chi connectivity index (χ1n) is 11.2. The topological polar surface area (TPSA) is 118 Å². The van der Waals surface area contributed by atoms with Crippen molar-refractivity contribution < 1.29 is 22.5 Å². The molecule has 12 heteroatoms. The molecule has 0 aliphatic carbocycles. The molecule has 2 aliphatic rings. The molecule has 1 N–H and O–H groups in total. The minimum atomic E-state index is -3.69. The van der Waals surface area contributed by atoms with E-state index in [0.717, 1.165) is 25.3 Å². The monoisotopic (exact) mass is 497 g/mol. The number of morpholine rings is 1. The van der Waals surface area contributed by atoms with Crippen LogP contribution in [0.1, 0.15) is 43.8 Å². The van der Waals surface area contributed by atoms with E-state index < -0.39 is 10.0 Å². The van der Waals surface area contributed by atoms with E-state index in [1.165, 1.54) is 15.6 Å². The largest absolute Gasteiger partial charge is 0.373 e. The lowest BCUT2D eigenvalue weighted by Crippen LogP contribution is -2.44. The van der Waals surface area contributed by atoms with Crippen LogP contribution in [0.5, 0.6) is 0 Å². The molecule has 2 aromatic heterocycles. The van der Waals surface area contributed by atoms with Crippen LogP contribution in [-0.2, 0) is 26.1 Å². The fourth-order valence-corrected chi connectivity index (χ4v) is 7.08. The number of ether oxygens (including phenoxy) is 1. The number of hydrogen-bond acceptors (Lipinski definition) is 9. The lowest BCUT2D eigenvalue weighted by Gasteiger charge is -2.34. The minimum absolute atomic E-state index is 0.112. The maximum Gasteiger partial charge on any atom is 0.248 e. The Hall–Kier alpha value is -1.86. The molecule has 4 heterocycles. The molecule has 2 aromatic rings. The summed E-state index contributed by atoms with van der Waals surface area (Å²) in [6, 6.07) is 0. The summed E-state index contributed by atoms with van der Waals surface area (Å²) in [7, 11) is -3.69. The zero-order valence-electron chi connectivity index (χ0n) is 19.4. The van der Waals surface area contributed by atoms with Crippen molar-refractivity contribution in [3.05, 3.63) is 22.5 Å². The second-order valence-electron chi connectivity index (χ2n) is 8.92. The number of thiazole rings is 1. The van der Waals surface area contributed by atoms with Gasteiger partial charge in [0.1, 0.15) is 10.6 Å². The Morgan fingerprint density at radius 2 is 1.88 bits per heavy atom. The van der Waals surface area contributed by atoms with E-state index in [4.69, 9.17) is 9.26 Å². The van der Waals surface area contributed by atoms with Crippen molar-refractivity contribution in [1.29, 1.82) is 0 Å². The number of piperidine rings is 1. The third-order valence-electron chi connectivity index (χ3n) is 6.05. The molecule has 0 aromatic carbocycles. The Kier molecular flexibility index (Phi) is 7.20. The summed E-state index contributed by atoms with van der Waals surface area (Å²) in [6.07, 6.45) is 1.30. The molecule has 0 spiro atoms. The number of carbonyl (C=O) groups is 1. The predicted octanol–water partition coefficient (Wildman–Crippen LogP) is 2.40. The molecule has 2 aliphatic heterocycles. The highest BCUT2D eigenvalue weighted by Crippen LogP contribution is 2.28. The van der Waals surface area contributed by atoms with Crippen LogP contribution in [0.3, 0.4) is 0 Å². The van der Waals surface area contributed by atoms with E-state index in [1.807, 2.05) is 5.38 Å². The molecule has 10 nitrogen and oxygen atoms in total. The highest BCUT2D eigenvalue weighted by molar-refractivity contribution is 7.89. The first kappa shape index (κ1) is 24.3. The number of nitrogens with zero attached hydrogens (tertiary/aromatic N) is 4. The molecule has 0 bridgehead atoms. The average Bonchev–Trinajstić information content (AvgIpc) is 3.32. The molecule has 2 saturated heterocycles. The van der Waals surface area contributed by atoms with Crippen LogP contribution in [0.15, 0.2) is 14.8 Å². The van der Waals surface area contributed by atoms with E-state index in [-0.39, 0.29) is 47.8 Å². The maximum atomic E-state index is 13.0. The third kappa shape index (κ3) is 5.46. The zero-order valence-corrected chi connectivity index (χ0v) is 21.0. The number of aromatic nitrogens is 2. The van der Waals surface area contributed by atoms with E-state index in [0.29, 0.717) is 23.7 Å². The summed E-state index contributed by atoms with van der Waals surface area (Å²) in [5.74, 6) is -0.0822. The van der Waals surface area contributed by atoms with E-state index in [1.54, 1.807) is 13.8 Å². The Labute approximate surface area is 198 Å². The van der Waals surface area contributed by atoms with Gasteiger partial charge in [0, 0.05) is 44.0 Å². The van der Waals surface area contributed by atoms with Gasteiger partial charge in [0.15, 0.2) is 10.9 Å². The molecule has 2 atom stereocenters. The molecule has 2 fully saturated rings. The molecule has 4 rings (SSSR count). The molecule has 0 saturated carbocycles. The quantitative estimate of drug-likeness (QED) is 0.646. The number of carbonyl (C=O) groups excluding carboxylic acids is 1. The van der Waals surface area contributed by atoms with Crippen LogP contribution in [0.25, 0.3) is 0 Å². The van der Waals surface area contributed by atoms with Gasteiger partial charge in [-0.15, -0.1) is 11.3 Å². The van der Waals surface area contributed by atoms with Crippen molar-refractivity contribution in [2.24, 2.45) is 5.92 Å². The Balaban J connectivity index is 1.30. The minimum Gasteiger partial charge on any atom is -0.373 e. The molecule has 0 radical (unpaired) electrons. The normalized spacial score (nSPS) is 23.6. The van der Waals surface area contributed by atoms with Gasteiger partial charge in [0.05, 0.1) is 17.9 Å². The van der Waals surface area contributed by atoms with Crippen LogP contribution in [0.4, 0.5) is 5.13 Å². The van der Waals surface area contributed by atoms with Crippen molar-refractivity contribution >= 4 is 32.4 Å².